The standard InChI is InChI=1S/C22H17F3N4O6S3/c1-13-12-21(13)19(30)28(14-4-6-16(7-5-14)37(32,33)22(23,24)25)20(31)29(21)15-8-9-26-17(11-15)27-38(34,35)18-3-2-10-36-18/h2-11,13H,12H2,1H3,(H,26,27). The number of rotatable bonds is 6. The molecule has 2 aromatic heterocycles. The third-order valence-corrected chi connectivity index (χ3v) is 10.6. The number of nitrogens with zero attached hydrogens (tertiary/aromatic N) is 3. The van der Waals surface area contributed by atoms with Crippen LogP contribution in [0.2, 0.25) is 0 Å². The van der Waals surface area contributed by atoms with Gasteiger partial charge in [0.2, 0.25) is 0 Å². The zero-order valence-corrected chi connectivity index (χ0v) is 21.7. The van der Waals surface area contributed by atoms with E-state index in [2.05, 4.69) is 9.71 Å². The molecule has 3 heterocycles. The predicted molar refractivity (Wildman–Crippen MR) is 131 cm³/mol. The van der Waals surface area contributed by atoms with Crippen LogP contribution in [0.25, 0.3) is 0 Å². The molecule has 1 aromatic carbocycles. The number of carbonyl (C=O) groups is 2. The molecule has 10 nitrogen and oxygen atoms in total. The third kappa shape index (κ3) is 3.94. The van der Waals surface area contributed by atoms with Crippen LogP contribution in [0.3, 0.4) is 0 Å². The molecule has 3 amide bonds. The number of imide groups is 1. The zero-order chi connectivity index (χ0) is 27.7. The summed E-state index contributed by atoms with van der Waals surface area (Å²) in [7, 11) is -9.56. The van der Waals surface area contributed by atoms with Crippen molar-refractivity contribution in [3.05, 3.63) is 60.1 Å². The minimum Gasteiger partial charge on any atom is -0.278 e. The number of anilines is 3. The third-order valence-electron chi connectivity index (χ3n) is 6.34. The van der Waals surface area contributed by atoms with E-state index < -0.39 is 47.7 Å². The lowest BCUT2D eigenvalue weighted by Gasteiger charge is -2.22. The Hall–Kier alpha value is -3.50. The van der Waals surface area contributed by atoms with E-state index in [4.69, 9.17) is 0 Å². The number of carbonyl (C=O) groups excluding carboxylic acids is 2. The van der Waals surface area contributed by atoms with Crippen molar-refractivity contribution in [1.29, 1.82) is 0 Å². The van der Waals surface area contributed by atoms with Gasteiger partial charge in [-0.25, -0.2) is 31.5 Å². The van der Waals surface area contributed by atoms with E-state index in [0.29, 0.717) is 12.1 Å². The predicted octanol–water partition coefficient (Wildman–Crippen LogP) is 3.99. The number of hydrogen-bond donors (Lipinski definition) is 1. The molecule has 1 saturated heterocycles. The van der Waals surface area contributed by atoms with Gasteiger partial charge in [0.25, 0.3) is 25.8 Å². The van der Waals surface area contributed by atoms with Gasteiger partial charge in [-0.05, 0) is 54.1 Å². The maximum absolute atomic E-state index is 13.5. The van der Waals surface area contributed by atoms with Crippen LogP contribution in [0.15, 0.2) is 69.2 Å². The van der Waals surface area contributed by atoms with Crippen LogP contribution in [-0.4, -0.2) is 44.8 Å². The Labute approximate surface area is 218 Å². The largest absolute Gasteiger partial charge is 0.501 e. The maximum Gasteiger partial charge on any atom is 0.501 e. The van der Waals surface area contributed by atoms with Gasteiger partial charge in [0.15, 0.2) is 0 Å². The molecule has 1 N–H and O–H groups in total. The highest BCUT2D eigenvalue weighted by atomic mass is 32.2. The Morgan fingerprint density at radius 1 is 1.05 bits per heavy atom. The first-order valence-corrected chi connectivity index (χ1v) is 14.7. The van der Waals surface area contributed by atoms with E-state index in [1.54, 1.807) is 18.4 Å². The fourth-order valence-electron chi connectivity index (χ4n) is 4.36. The molecule has 3 aromatic rings. The molecule has 1 spiro atoms. The Morgan fingerprint density at radius 2 is 1.71 bits per heavy atom. The minimum absolute atomic E-state index is 0.0478. The quantitative estimate of drug-likeness (QED) is 0.432. The lowest BCUT2D eigenvalue weighted by molar-refractivity contribution is -0.119. The summed E-state index contributed by atoms with van der Waals surface area (Å²) in [6, 6.07) is 8.11. The number of hydrogen-bond acceptors (Lipinski definition) is 8. The van der Waals surface area contributed by atoms with Crippen molar-refractivity contribution in [1.82, 2.24) is 4.98 Å². The van der Waals surface area contributed by atoms with Gasteiger partial charge >= 0.3 is 11.5 Å². The van der Waals surface area contributed by atoms with Gasteiger partial charge in [-0.2, -0.15) is 13.2 Å². The molecule has 2 fully saturated rings. The molecule has 0 bridgehead atoms. The second-order valence-corrected chi connectivity index (χ2v) is 13.5. The summed E-state index contributed by atoms with van der Waals surface area (Å²) < 4.78 is 89.6. The molecule has 5 rings (SSSR count). The van der Waals surface area contributed by atoms with E-state index in [9.17, 15) is 39.6 Å². The summed E-state index contributed by atoms with van der Waals surface area (Å²) in [6.45, 7) is 1.74. The second-order valence-electron chi connectivity index (χ2n) is 8.67. The summed E-state index contributed by atoms with van der Waals surface area (Å²) in [5.74, 6) is -1.02. The summed E-state index contributed by atoms with van der Waals surface area (Å²) in [4.78, 5) is 31.9. The van der Waals surface area contributed by atoms with Gasteiger partial charge < -0.3 is 0 Å². The van der Waals surface area contributed by atoms with Crippen molar-refractivity contribution in [2.75, 3.05) is 14.5 Å². The fraction of sp³-hybridized carbons (Fsp3) is 0.227. The lowest BCUT2D eigenvalue weighted by Crippen LogP contribution is -2.39. The average molecular weight is 587 g/mol. The van der Waals surface area contributed by atoms with Crippen LogP contribution >= 0.6 is 11.3 Å². The van der Waals surface area contributed by atoms with Gasteiger partial charge in [-0.15, -0.1) is 11.3 Å². The van der Waals surface area contributed by atoms with Gasteiger partial charge in [0, 0.05) is 12.3 Å². The Balaban J connectivity index is 1.49. The van der Waals surface area contributed by atoms with Crippen molar-refractivity contribution in [3.63, 3.8) is 0 Å². The highest BCUT2D eigenvalue weighted by Gasteiger charge is 2.70. The number of aromatic nitrogens is 1. The van der Waals surface area contributed by atoms with Gasteiger partial charge in [0.1, 0.15) is 15.6 Å². The van der Waals surface area contributed by atoms with Crippen molar-refractivity contribution in [3.8, 4) is 0 Å². The molecular formula is C22H17F3N4O6S3. The molecular weight excluding hydrogens is 569 g/mol. The van der Waals surface area contributed by atoms with Crippen molar-refractivity contribution in [2.45, 2.75) is 33.5 Å². The summed E-state index contributed by atoms with van der Waals surface area (Å²) in [5, 5.41) is 1.59. The molecule has 2 unspecified atom stereocenters. The Morgan fingerprint density at radius 3 is 2.26 bits per heavy atom. The number of alkyl halides is 3. The van der Waals surface area contributed by atoms with Gasteiger partial charge in [-0.1, -0.05) is 13.0 Å². The lowest BCUT2D eigenvalue weighted by atomic mass is 10.1. The van der Waals surface area contributed by atoms with Crippen LogP contribution in [0.1, 0.15) is 13.3 Å². The topological polar surface area (TPSA) is 134 Å². The first kappa shape index (κ1) is 26.1. The second kappa shape index (κ2) is 8.51. The van der Waals surface area contributed by atoms with Crippen molar-refractivity contribution >= 4 is 60.3 Å². The molecule has 0 radical (unpaired) electrons. The number of thiophene rings is 1. The van der Waals surface area contributed by atoms with E-state index in [1.165, 1.54) is 29.3 Å². The smallest absolute Gasteiger partial charge is 0.278 e. The molecule has 38 heavy (non-hydrogen) atoms. The molecule has 1 saturated carbocycles. The summed E-state index contributed by atoms with van der Waals surface area (Å²) in [5.41, 5.74) is -6.75. The molecule has 1 aliphatic heterocycles. The number of sulfonamides is 1. The number of benzene rings is 1. The molecule has 1 aliphatic carbocycles. The zero-order valence-electron chi connectivity index (χ0n) is 19.2. The number of pyridine rings is 1. The normalized spacial score (nSPS) is 21.8. The minimum atomic E-state index is -5.61. The van der Waals surface area contributed by atoms with E-state index in [-0.39, 0.29) is 33.7 Å². The number of halogens is 3. The number of sulfone groups is 1. The van der Waals surface area contributed by atoms with E-state index in [1.807, 2.05) is 0 Å². The van der Waals surface area contributed by atoms with Crippen LogP contribution < -0.4 is 14.5 Å². The van der Waals surface area contributed by atoms with Gasteiger partial charge in [-0.3, -0.25) is 14.4 Å². The summed E-state index contributed by atoms with van der Waals surface area (Å²) in [6.07, 6.45) is 1.55. The molecule has 2 aliphatic rings. The Kier molecular flexibility index (Phi) is 5.85. The monoisotopic (exact) mass is 586 g/mol. The SMILES string of the molecule is CC1CC12C(=O)N(c1ccc(S(=O)(=O)C(F)(F)F)cc1)C(=O)N2c1ccnc(NS(=O)(=O)c2cccs2)c1. The van der Waals surface area contributed by atoms with Crippen LogP contribution in [-0.2, 0) is 24.7 Å². The molecule has 16 heteroatoms. The highest BCUT2D eigenvalue weighted by Crippen LogP contribution is 2.55. The first-order chi connectivity index (χ1) is 17.7. The van der Waals surface area contributed by atoms with Crippen LogP contribution in [0.5, 0.6) is 0 Å². The van der Waals surface area contributed by atoms with Crippen molar-refractivity contribution in [2.24, 2.45) is 5.92 Å². The molecule has 2 atom stereocenters. The number of amides is 3. The Bertz CT molecular complexity index is 1660. The first-order valence-electron chi connectivity index (χ1n) is 10.8. The number of nitrogens with one attached hydrogen (secondary N) is 1. The van der Waals surface area contributed by atoms with Crippen LogP contribution in [0.4, 0.5) is 35.2 Å². The average Bonchev–Trinajstić information content (AvgIpc) is 3.18. The van der Waals surface area contributed by atoms with Crippen molar-refractivity contribution < 1.29 is 39.6 Å². The van der Waals surface area contributed by atoms with Crippen LogP contribution in [0, 0.1) is 5.92 Å². The highest BCUT2D eigenvalue weighted by molar-refractivity contribution is 7.94. The molecule has 200 valence electrons. The fourth-order valence-corrected chi connectivity index (χ4v) is 7.11. The summed E-state index contributed by atoms with van der Waals surface area (Å²) >= 11 is 0.997. The van der Waals surface area contributed by atoms with E-state index >= 15 is 0 Å². The van der Waals surface area contributed by atoms with Gasteiger partial charge in [0.05, 0.1) is 16.3 Å². The van der Waals surface area contributed by atoms with E-state index in [0.717, 1.165) is 28.4 Å². The maximum atomic E-state index is 13.5. The number of urea groups is 1.